The monoisotopic (exact) mass is 968 g/mol. The third kappa shape index (κ3) is 10.9. The molecule has 16 nitrogen and oxygen atoms in total. The number of aromatic nitrogens is 8. The zero-order valence-electron chi connectivity index (χ0n) is 36.6. The van der Waals surface area contributed by atoms with Crippen LogP contribution in [-0.4, -0.2) is 78.0 Å². The van der Waals surface area contributed by atoms with Gasteiger partial charge in [0.15, 0.2) is 27.1 Å². The summed E-state index contributed by atoms with van der Waals surface area (Å²) in [4.78, 5) is 60.2. The van der Waals surface area contributed by atoms with E-state index in [0.717, 1.165) is 37.0 Å². The molecule has 0 aliphatic heterocycles. The van der Waals surface area contributed by atoms with Gasteiger partial charge in [0.2, 0.25) is 0 Å². The molecule has 0 aliphatic rings. The molecule has 0 amide bonds. The lowest BCUT2D eigenvalue weighted by Crippen LogP contribution is -2.39. The molecule has 0 bridgehead atoms. The molecule has 0 radical (unpaired) electrons. The van der Waals surface area contributed by atoms with Crippen LogP contribution in [0.4, 0.5) is 8.78 Å². The molecular formula is C46H48BBrF2N8O8. The first-order chi connectivity index (χ1) is 31.5. The van der Waals surface area contributed by atoms with Crippen LogP contribution in [0.2, 0.25) is 0 Å². The smallest absolute Gasteiger partial charge is 0.423 e. The summed E-state index contributed by atoms with van der Waals surface area (Å²) < 4.78 is 35.2. The van der Waals surface area contributed by atoms with Crippen molar-refractivity contribution in [2.24, 2.45) is 14.1 Å². The lowest BCUT2D eigenvalue weighted by atomic mass is 9.80. The molecule has 4 aromatic carbocycles. The standard InChI is InChI=1S/C23H23FN4O3.C16H16BrFN4O3.C7H9BO2/c1-15-4-8-17(9-5-15)20-25-21-19(28(20)14-16-6-10-18(24)11-7-16)22(30)27(12-3-13-29)23(31)26(21)2;1-20-13-12(14(24)21(16(20)25)7-2-8-23)22(15(17)19-13)9-10-3-5-11(18)6-4-10;1-6-2-4-7(5-3-6)8(9)10/h4-11,29H,3,12-14H2,1-2H3;3-6,23H,2,7-9H2,1H3;2-5,9-10H,1H3. The second kappa shape index (κ2) is 21.6. The predicted molar refractivity (Wildman–Crippen MR) is 252 cm³/mol. The molecular weight excluding hydrogens is 921 g/mol. The fraction of sp³-hybridized carbons (Fsp3) is 0.261. The van der Waals surface area contributed by atoms with Gasteiger partial charge in [-0.25, -0.2) is 28.3 Å². The fourth-order valence-electron chi connectivity index (χ4n) is 7.07. The van der Waals surface area contributed by atoms with E-state index in [-0.39, 0.29) is 67.7 Å². The van der Waals surface area contributed by atoms with Crippen molar-refractivity contribution in [1.82, 2.24) is 37.4 Å². The SMILES string of the molecule is Cc1ccc(-c2nc3c(c(=O)n(CCCO)c(=O)n3C)n2Cc2ccc(F)cc2)cc1.Cc1ccc(B(O)O)cc1.Cn1c(=O)n(CCCO)c(=O)c2c1nc(Br)n2Cc1ccc(F)cc1. The van der Waals surface area contributed by atoms with Gasteiger partial charge in [-0.2, -0.15) is 0 Å². The summed E-state index contributed by atoms with van der Waals surface area (Å²) in [6.45, 7) is 4.50. The summed E-state index contributed by atoms with van der Waals surface area (Å²) in [6.07, 6.45) is 0.589. The maximum absolute atomic E-state index is 13.4. The van der Waals surface area contributed by atoms with E-state index >= 15 is 0 Å². The Bertz CT molecular complexity index is 3200. The van der Waals surface area contributed by atoms with Gasteiger partial charge in [0, 0.05) is 52.5 Å². The molecule has 4 N–H and O–H groups in total. The Morgan fingerprint density at radius 3 is 1.42 bits per heavy atom. The van der Waals surface area contributed by atoms with E-state index in [1.54, 1.807) is 59.6 Å². The Kier molecular flexibility index (Phi) is 16.0. The van der Waals surface area contributed by atoms with Crippen molar-refractivity contribution in [2.75, 3.05) is 13.2 Å². The third-order valence-corrected chi connectivity index (χ3v) is 11.3. The van der Waals surface area contributed by atoms with E-state index in [9.17, 15) is 28.0 Å². The third-order valence-electron chi connectivity index (χ3n) is 10.7. The predicted octanol–water partition coefficient (Wildman–Crippen LogP) is 3.35. The molecule has 20 heteroatoms. The molecule has 4 aromatic heterocycles. The Labute approximate surface area is 384 Å². The van der Waals surface area contributed by atoms with Crippen molar-refractivity contribution >= 4 is 50.8 Å². The van der Waals surface area contributed by atoms with Gasteiger partial charge >= 0.3 is 18.5 Å². The molecule has 8 rings (SSSR count). The highest BCUT2D eigenvalue weighted by molar-refractivity contribution is 9.10. The maximum Gasteiger partial charge on any atom is 0.488 e. The molecule has 0 fully saturated rings. The average Bonchev–Trinajstić information content (AvgIpc) is 3.84. The van der Waals surface area contributed by atoms with Crippen molar-refractivity contribution < 1.29 is 29.0 Å². The average molecular weight is 970 g/mol. The molecule has 66 heavy (non-hydrogen) atoms. The van der Waals surface area contributed by atoms with Crippen LogP contribution < -0.4 is 28.0 Å². The van der Waals surface area contributed by atoms with Crippen molar-refractivity contribution in [3.63, 3.8) is 0 Å². The van der Waals surface area contributed by atoms with Gasteiger partial charge in [-0.05, 0) is 83.5 Å². The first kappa shape index (κ1) is 48.9. The Balaban J connectivity index is 0.000000183. The minimum atomic E-state index is -1.35. The van der Waals surface area contributed by atoms with E-state index in [2.05, 4.69) is 25.9 Å². The van der Waals surface area contributed by atoms with Crippen LogP contribution in [0.5, 0.6) is 0 Å². The summed E-state index contributed by atoms with van der Waals surface area (Å²) in [5, 5.41) is 35.5. The number of aliphatic hydroxyl groups is 2. The number of imidazole rings is 2. The van der Waals surface area contributed by atoms with Gasteiger partial charge in [-0.15, -0.1) is 0 Å². The highest BCUT2D eigenvalue weighted by Gasteiger charge is 2.22. The minimum absolute atomic E-state index is 0.111. The van der Waals surface area contributed by atoms with E-state index in [1.807, 2.05) is 50.2 Å². The summed E-state index contributed by atoms with van der Waals surface area (Å²) in [7, 11) is 1.77. The number of hydrogen-bond acceptors (Lipinski definition) is 10. The van der Waals surface area contributed by atoms with E-state index in [1.165, 1.54) is 33.4 Å². The number of benzene rings is 4. The lowest BCUT2D eigenvalue weighted by molar-refractivity contribution is 0.277. The number of nitrogens with zero attached hydrogens (tertiary/aromatic N) is 8. The number of aryl methyl sites for hydroxylation is 4. The van der Waals surface area contributed by atoms with Crippen LogP contribution in [0.15, 0.2) is 121 Å². The van der Waals surface area contributed by atoms with Gasteiger partial charge in [0.05, 0.1) is 6.54 Å². The Hall–Kier alpha value is -6.58. The first-order valence-electron chi connectivity index (χ1n) is 20.8. The molecule has 344 valence electrons. The fourth-order valence-corrected chi connectivity index (χ4v) is 7.54. The van der Waals surface area contributed by atoms with Gasteiger partial charge in [0.25, 0.3) is 11.1 Å². The summed E-state index contributed by atoms with van der Waals surface area (Å²) in [6, 6.07) is 26.8. The number of fused-ring (bicyclic) bond motifs is 2. The van der Waals surface area contributed by atoms with E-state index < -0.39 is 29.6 Å². The molecule has 0 spiro atoms. The van der Waals surface area contributed by atoms with Crippen molar-refractivity contribution in [1.29, 1.82) is 0 Å². The topological polar surface area (TPSA) is 205 Å². The Morgan fingerprint density at radius 2 is 0.985 bits per heavy atom. The zero-order chi connectivity index (χ0) is 47.8. The second-order valence-electron chi connectivity index (χ2n) is 15.5. The molecule has 0 saturated heterocycles. The molecule has 0 aliphatic carbocycles. The Morgan fingerprint density at radius 1 is 0.576 bits per heavy atom. The summed E-state index contributed by atoms with van der Waals surface area (Å²) in [5.74, 6) is -0.134. The van der Waals surface area contributed by atoms with Crippen molar-refractivity contribution in [3.05, 3.63) is 177 Å². The van der Waals surface area contributed by atoms with Gasteiger partial charge < -0.3 is 29.4 Å². The summed E-state index contributed by atoms with van der Waals surface area (Å²) in [5.41, 5.74) is 4.36. The number of rotatable bonds is 12. The molecule has 0 saturated carbocycles. The molecule has 8 aromatic rings. The van der Waals surface area contributed by atoms with Crippen LogP contribution in [-0.2, 0) is 40.3 Å². The normalized spacial score (nSPS) is 11.1. The van der Waals surface area contributed by atoms with Gasteiger partial charge in [-0.1, -0.05) is 83.9 Å². The lowest BCUT2D eigenvalue weighted by Gasteiger charge is -2.11. The molecule has 0 unspecified atom stereocenters. The highest BCUT2D eigenvalue weighted by Crippen LogP contribution is 2.25. The maximum atomic E-state index is 13.4. The molecule has 0 atom stereocenters. The van der Waals surface area contributed by atoms with Crippen LogP contribution >= 0.6 is 15.9 Å². The van der Waals surface area contributed by atoms with E-state index in [0.29, 0.717) is 34.5 Å². The van der Waals surface area contributed by atoms with Crippen molar-refractivity contribution in [3.8, 4) is 11.4 Å². The van der Waals surface area contributed by atoms with Crippen LogP contribution in [0.1, 0.15) is 35.1 Å². The quantitative estimate of drug-likeness (QED) is 0.104. The second-order valence-corrected chi connectivity index (χ2v) is 16.2. The highest BCUT2D eigenvalue weighted by atomic mass is 79.9. The number of aliphatic hydroxyl groups excluding tert-OH is 2. The summed E-state index contributed by atoms with van der Waals surface area (Å²) >= 11 is 3.33. The number of hydrogen-bond donors (Lipinski definition) is 4. The minimum Gasteiger partial charge on any atom is -0.423 e. The largest absolute Gasteiger partial charge is 0.488 e. The van der Waals surface area contributed by atoms with Gasteiger partial charge in [0.1, 0.15) is 17.5 Å². The van der Waals surface area contributed by atoms with E-state index in [4.69, 9.17) is 20.3 Å². The molecule has 4 heterocycles. The van der Waals surface area contributed by atoms with Crippen molar-refractivity contribution in [2.45, 2.75) is 52.9 Å². The van der Waals surface area contributed by atoms with Crippen LogP contribution in [0.25, 0.3) is 33.7 Å². The van der Waals surface area contributed by atoms with Crippen LogP contribution in [0.3, 0.4) is 0 Å². The number of halogens is 3. The van der Waals surface area contributed by atoms with Crippen LogP contribution in [0, 0.1) is 25.5 Å². The van der Waals surface area contributed by atoms with Gasteiger partial charge in [-0.3, -0.25) is 27.9 Å². The zero-order valence-corrected chi connectivity index (χ0v) is 38.2. The first-order valence-corrected chi connectivity index (χ1v) is 21.6.